The largest absolute Gasteiger partial charge is 0.479 e. The molecule has 0 atom stereocenters. The lowest BCUT2D eigenvalue weighted by Gasteiger charge is -2.05. The first-order valence-electron chi connectivity index (χ1n) is 8.13. The number of thioether (sulfide) groups is 1. The van der Waals surface area contributed by atoms with E-state index in [2.05, 4.69) is 42.6 Å². The number of rotatable bonds is 8. The van der Waals surface area contributed by atoms with Gasteiger partial charge in [0.05, 0.1) is 12.0 Å². The minimum Gasteiger partial charge on any atom is -0.479 e. The second kappa shape index (κ2) is 10.3. The highest BCUT2D eigenvalue weighted by atomic mass is 32.2. The molecular formula is C20H21N3O2S. The second-order valence-electron chi connectivity index (χ2n) is 5.80. The number of carbonyl (C=O) groups is 1. The maximum atomic E-state index is 11.8. The molecule has 0 saturated heterocycles. The first-order chi connectivity index (χ1) is 12.6. The van der Waals surface area contributed by atoms with E-state index < -0.39 is 0 Å². The Hall–Kier alpha value is -2.78. The van der Waals surface area contributed by atoms with Gasteiger partial charge in [0.1, 0.15) is 11.8 Å². The zero-order valence-corrected chi connectivity index (χ0v) is 15.7. The minimum absolute atomic E-state index is 0.0171. The lowest BCUT2D eigenvalue weighted by atomic mass is 10.1. The van der Waals surface area contributed by atoms with Gasteiger partial charge in [0.25, 0.3) is 0 Å². The number of nitriles is 1. The van der Waals surface area contributed by atoms with E-state index in [1.807, 2.05) is 6.07 Å². The van der Waals surface area contributed by atoms with Crippen molar-refractivity contribution in [2.24, 2.45) is 5.10 Å². The molecule has 0 fully saturated rings. The number of amides is 1. The van der Waals surface area contributed by atoms with E-state index in [4.69, 9.17) is 10.00 Å². The molecule has 5 nitrogen and oxygen atoms in total. The highest BCUT2D eigenvalue weighted by molar-refractivity contribution is 7.99. The quantitative estimate of drug-likeness (QED) is 0.571. The number of hydrogen-bond acceptors (Lipinski definition) is 5. The van der Waals surface area contributed by atoms with Gasteiger partial charge in [-0.15, -0.1) is 11.8 Å². The molecule has 0 unspecified atom stereocenters. The Labute approximate surface area is 158 Å². The van der Waals surface area contributed by atoms with E-state index in [1.54, 1.807) is 42.2 Å². The number of benzene rings is 2. The topological polar surface area (TPSA) is 74.5 Å². The van der Waals surface area contributed by atoms with E-state index in [0.717, 1.165) is 11.3 Å². The van der Waals surface area contributed by atoms with Crippen LogP contribution in [-0.2, 0) is 10.5 Å². The molecule has 2 aromatic rings. The maximum Gasteiger partial charge on any atom is 0.250 e. The van der Waals surface area contributed by atoms with Gasteiger partial charge < -0.3 is 4.74 Å². The van der Waals surface area contributed by atoms with Crippen molar-refractivity contribution in [1.82, 2.24) is 5.43 Å². The lowest BCUT2D eigenvalue weighted by Crippen LogP contribution is -2.19. The average Bonchev–Trinajstić information content (AvgIpc) is 2.60. The third-order valence-electron chi connectivity index (χ3n) is 3.37. The fourth-order valence-electron chi connectivity index (χ4n) is 2.39. The van der Waals surface area contributed by atoms with Crippen LogP contribution in [0.2, 0.25) is 0 Å². The fraction of sp³-hybridized carbons (Fsp3) is 0.250. The van der Waals surface area contributed by atoms with Crippen molar-refractivity contribution < 1.29 is 9.53 Å². The molecule has 26 heavy (non-hydrogen) atoms. The van der Waals surface area contributed by atoms with Crippen LogP contribution < -0.4 is 10.2 Å². The fourth-order valence-corrected chi connectivity index (χ4v) is 3.15. The van der Waals surface area contributed by atoms with Gasteiger partial charge >= 0.3 is 0 Å². The number of hydrazone groups is 1. The summed E-state index contributed by atoms with van der Waals surface area (Å²) in [4.78, 5) is 11.8. The third-order valence-corrected chi connectivity index (χ3v) is 4.37. The van der Waals surface area contributed by atoms with Crippen LogP contribution in [0.25, 0.3) is 0 Å². The van der Waals surface area contributed by atoms with Crippen LogP contribution in [0.1, 0.15) is 22.3 Å². The Morgan fingerprint density at radius 3 is 2.58 bits per heavy atom. The van der Waals surface area contributed by atoms with Crippen LogP contribution in [0.15, 0.2) is 47.6 Å². The van der Waals surface area contributed by atoms with Crippen molar-refractivity contribution in [2.75, 3.05) is 12.4 Å². The lowest BCUT2D eigenvalue weighted by molar-refractivity contribution is -0.118. The zero-order chi connectivity index (χ0) is 18.8. The number of hydrogen-bond donors (Lipinski definition) is 1. The van der Waals surface area contributed by atoms with Gasteiger partial charge in [-0.1, -0.05) is 29.3 Å². The second-order valence-corrected chi connectivity index (χ2v) is 6.78. The van der Waals surface area contributed by atoms with Crippen LogP contribution >= 0.6 is 11.8 Å². The molecule has 134 valence electrons. The number of carbonyl (C=O) groups excluding carboxylic acids is 1. The third kappa shape index (κ3) is 6.99. The smallest absolute Gasteiger partial charge is 0.250 e. The van der Waals surface area contributed by atoms with Crippen molar-refractivity contribution in [2.45, 2.75) is 19.6 Å². The molecule has 2 rings (SSSR count). The van der Waals surface area contributed by atoms with Crippen molar-refractivity contribution in [3.8, 4) is 11.8 Å². The monoisotopic (exact) mass is 367 g/mol. The van der Waals surface area contributed by atoms with E-state index in [9.17, 15) is 4.79 Å². The summed E-state index contributed by atoms with van der Waals surface area (Å²) in [6.07, 6.45) is 1.57. The van der Waals surface area contributed by atoms with Gasteiger partial charge in [-0.05, 0) is 49.2 Å². The number of nitrogens with one attached hydrogen (secondary N) is 1. The molecule has 0 spiro atoms. The van der Waals surface area contributed by atoms with E-state index in [0.29, 0.717) is 11.5 Å². The van der Waals surface area contributed by atoms with Gasteiger partial charge in [0.2, 0.25) is 5.91 Å². The molecule has 1 amide bonds. The van der Waals surface area contributed by atoms with Crippen LogP contribution in [0.3, 0.4) is 0 Å². The van der Waals surface area contributed by atoms with Crippen LogP contribution in [0, 0.1) is 25.2 Å². The minimum atomic E-state index is -0.135. The van der Waals surface area contributed by atoms with Crippen molar-refractivity contribution in [1.29, 1.82) is 5.26 Å². The van der Waals surface area contributed by atoms with Crippen molar-refractivity contribution in [3.05, 3.63) is 64.7 Å². The summed E-state index contributed by atoms with van der Waals surface area (Å²) in [6.45, 7) is 4.17. The summed E-state index contributed by atoms with van der Waals surface area (Å²) in [5.41, 5.74) is 7.05. The Morgan fingerprint density at radius 1 is 1.23 bits per heavy atom. The molecule has 1 N–H and O–H groups in total. The number of nitrogens with zero attached hydrogens (tertiary/aromatic N) is 2. The van der Waals surface area contributed by atoms with E-state index in [-0.39, 0.29) is 12.5 Å². The first kappa shape index (κ1) is 19.5. The summed E-state index contributed by atoms with van der Waals surface area (Å²) in [7, 11) is 0. The van der Waals surface area contributed by atoms with Crippen molar-refractivity contribution in [3.63, 3.8) is 0 Å². The molecule has 2 aromatic carbocycles. The molecule has 0 bridgehead atoms. The molecular weight excluding hydrogens is 346 g/mol. The van der Waals surface area contributed by atoms with Gasteiger partial charge in [-0.25, -0.2) is 5.43 Å². The first-order valence-corrected chi connectivity index (χ1v) is 9.29. The van der Waals surface area contributed by atoms with Gasteiger partial charge in [-0.3, -0.25) is 4.79 Å². The zero-order valence-electron chi connectivity index (χ0n) is 14.9. The maximum absolute atomic E-state index is 11.8. The Morgan fingerprint density at radius 2 is 1.92 bits per heavy atom. The molecule has 0 aliphatic carbocycles. The van der Waals surface area contributed by atoms with Crippen LogP contribution in [-0.4, -0.2) is 24.5 Å². The van der Waals surface area contributed by atoms with Gasteiger partial charge in [0.15, 0.2) is 6.61 Å². The molecule has 0 aliphatic heterocycles. The normalized spacial score (nSPS) is 10.5. The van der Waals surface area contributed by atoms with Crippen LogP contribution in [0.5, 0.6) is 5.75 Å². The molecule has 0 heterocycles. The standard InChI is InChI=1S/C20H21N3O2S/c1-15-9-16(2)11-18(10-15)13-26-14-20(24)23-22-12-17-3-5-19(6-4-17)25-8-7-21/h3-6,9-12H,8,13-14H2,1-2H3,(H,23,24)/b22-12-. The van der Waals surface area contributed by atoms with Crippen molar-refractivity contribution >= 4 is 23.9 Å². The average molecular weight is 367 g/mol. The van der Waals surface area contributed by atoms with Crippen LogP contribution in [0.4, 0.5) is 0 Å². The number of aryl methyl sites for hydroxylation is 2. The predicted molar refractivity (Wildman–Crippen MR) is 105 cm³/mol. The summed E-state index contributed by atoms with van der Waals surface area (Å²) < 4.78 is 5.17. The molecule has 0 saturated carbocycles. The Kier molecular flexibility index (Phi) is 7.72. The number of ether oxygens (including phenoxy) is 1. The highest BCUT2D eigenvalue weighted by Gasteiger charge is 2.02. The van der Waals surface area contributed by atoms with E-state index >= 15 is 0 Å². The molecule has 6 heteroatoms. The van der Waals surface area contributed by atoms with Gasteiger partial charge in [0, 0.05) is 5.75 Å². The predicted octanol–water partition coefficient (Wildman–Crippen LogP) is 3.59. The Bertz CT molecular complexity index is 791. The van der Waals surface area contributed by atoms with Gasteiger partial charge in [-0.2, -0.15) is 10.4 Å². The summed E-state index contributed by atoms with van der Waals surface area (Å²) in [5, 5.41) is 12.4. The summed E-state index contributed by atoms with van der Waals surface area (Å²) >= 11 is 1.56. The molecule has 0 radical (unpaired) electrons. The SMILES string of the molecule is Cc1cc(C)cc(CSCC(=O)N/N=C\c2ccc(OCC#N)cc2)c1. The molecule has 0 aliphatic rings. The highest BCUT2D eigenvalue weighted by Crippen LogP contribution is 2.15. The van der Waals surface area contributed by atoms with E-state index in [1.165, 1.54) is 16.7 Å². The Balaban J connectivity index is 1.72. The molecule has 0 aromatic heterocycles. The summed E-state index contributed by atoms with van der Waals surface area (Å²) in [5.74, 6) is 1.63. The summed E-state index contributed by atoms with van der Waals surface area (Å²) in [6, 6.07) is 15.4.